The molecule has 4 N–H and O–H groups in total. The van der Waals surface area contributed by atoms with E-state index in [0.29, 0.717) is 16.9 Å². The van der Waals surface area contributed by atoms with Gasteiger partial charge in [-0.2, -0.15) is 0 Å². The Hall–Kier alpha value is -3.44. The molecule has 7 nitrogen and oxygen atoms in total. The third-order valence-electron chi connectivity index (χ3n) is 4.11. The molecule has 8 heteroatoms. The van der Waals surface area contributed by atoms with Crippen molar-refractivity contribution >= 4 is 32.6 Å². The van der Waals surface area contributed by atoms with Crippen LogP contribution in [0, 0.1) is 0 Å². The van der Waals surface area contributed by atoms with Gasteiger partial charge in [-0.1, -0.05) is 30.3 Å². The molecule has 0 saturated carbocycles. The number of aromatic nitrogens is 1. The number of nitrogens with one attached hydrogen (secondary N) is 2. The largest absolute Gasteiger partial charge is 0.445 e. The second-order valence-corrected chi connectivity index (χ2v) is 6.89. The van der Waals surface area contributed by atoms with Crippen molar-refractivity contribution in [1.82, 2.24) is 10.3 Å². The topological polar surface area (TPSA) is 106 Å². The van der Waals surface area contributed by atoms with Crippen molar-refractivity contribution in [2.75, 3.05) is 11.1 Å². The number of carbonyl (C=O) groups excluding carboxylic acids is 2. The molecular weight excluding hydrogens is 387 g/mol. The number of anilines is 2. The summed E-state index contributed by atoms with van der Waals surface area (Å²) in [7, 11) is 2.53. The van der Waals surface area contributed by atoms with Gasteiger partial charge in [0.05, 0.1) is 17.2 Å². The van der Waals surface area contributed by atoms with Gasteiger partial charge in [0.15, 0.2) is 0 Å². The monoisotopic (exact) mass is 408 g/mol. The molecule has 2 atom stereocenters. The lowest BCUT2D eigenvalue weighted by molar-refractivity contribution is 0.102. The lowest BCUT2D eigenvalue weighted by Crippen LogP contribution is -2.25. The number of hydrogen-bond acceptors (Lipinski definition) is 5. The average molecular weight is 408 g/mol. The summed E-state index contributed by atoms with van der Waals surface area (Å²) >= 11 is 0. The number of hydrogen-bond donors (Lipinski definition) is 3. The molecule has 1 aromatic heterocycles. The summed E-state index contributed by atoms with van der Waals surface area (Å²) in [6.45, 7) is 0.138. The lowest BCUT2D eigenvalue weighted by atomic mass is 10.1. The summed E-state index contributed by atoms with van der Waals surface area (Å²) in [5.41, 5.74) is 8.99. The van der Waals surface area contributed by atoms with Crippen LogP contribution in [0.2, 0.25) is 0 Å². The molecule has 1 unspecified atom stereocenters. The molecule has 0 aliphatic heterocycles. The first-order valence-corrected chi connectivity index (χ1v) is 9.53. The van der Waals surface area contributed by atoms with Crippen LogP contribution < -0.4 is 16.4 Å². The Morgan fingerprint density at radius 1 is 1.07 bits per heavy atom. The highest BCUT2D eigenvalue weighted by atomic mass is 31.0. The zero-order chi connectivity index (χ0) is 20.6. The molecule has 0 fully saturated rings. The Balaban J connectivity index is 1.54. The third-order valence-corrected chi connectivity index (χ3v) is 4.66. The number of alkyl carbamates (subject to hydrolysis) is 1. The van der Waals surface area contributed by atoms with Gasteiger partial charge in [-0.15, -0.1) is 9.24 Å². The lowest BCUT2D eigenvalue weighted by Gasteiger charge is -2.15. The molecule has 0 saturated heterocycles. The number of para-hydroxylation sites is 2. The molecule has 29 heavy (non-hydrogen) atoms. The van der Waals surface area contributed by atoms with Crippen LogP contribution in [-0.2, 0) is 11.3 Å². The van der Waals surface area contributed by atoms with Gasteiger partial charge in [0.1, 0.15) is 6.61 Å². The zero-order valence-corrected chi connectivity index (χ0v) is 16.7. The highest BCUT2D eigenvalue weighted by Gasteiger charge is 2.13. The molecule has 148 valence electrons. The second kappa shape index (κ2) is 9.66. The fraction of sp³-hybridized carbons (Fsp3) is 0.0952. The van der Waals surface area contributed by atoms with Crippen LogP contribution in [0.3, 0.4) is 0 Å². The summed E-state index contributed by atoms with van der Waals surface area (Å²) in [5.74, 6) is -0.628. The molecule has 0 aliphatic carbocycles. The van der Waals surface area contributed by atoms with Crippen molar-refractivity contribution < 1.29 is 14.3 Å². The normalized spacial score (nSPS) is 11.3. The van der Waals surface area contributed by atoms with Crippen LogP contribution in [0.1, 0.15) is 27.3 Å². The fourth-order valence-corrected chi connectivity index (χ4v) is 2.89. The number of nitrogens with two attached hydrogens (primary N) is 1. The maximum Gasteiger partial charge on any atom is 0.408 e. The van der Waals surface area contributed by atoms with E-state index in [9.17, 15) is 9.59 Å². The van der Waals surface area contributed by atoms with Gasteiger partial charge in [0.2, 0.25) is 0 Å². The van der Waals surface area contributed by atoms with E-state index in [1.54, 1.807) is 67.0 Å². The number of nitrogens with zero attached hydrogens (tertiary/aromatic N) is 1. The third kappa shape index (κ3) is 5.77. The van der Waals surface area contributed by atoms with Crippen molar-refractivity contribution in [2.24, 2.45) is 0 Å². The first-order valence-electron chi connectivity index (χ1n) is 8.86. The summed E-state index contributed by atoms with van der Waals surface area (Å²) in [5, 5.41) is 5.50. The van der Waals surface area contributed by atoms with Crippen molar-refractivity contribution in [3.63, 3.8) is 0 Å². The fourth-order valence-electron chi connectivity index (χ4n) is 2.53. The Kier molecular flexibility index (Phi) is 6.76. The number of benzene rings is 2. The highest BCUT2D eigenvalue weighted by Crippen LogP contribution is 2.22. The number of rotatable bonds is 6. The zero-order valence-electron chi connectivity index (χ0n) is 15.5. The molecule has 0 spiro atoms. The van der Waals surface area contributed by atoms with Gasteiger partial charge in [0, 0.05) is 23.5 Å². The SMILES string of the molecule is Nc1ccccc1NC(=O)c1ccc([C@H](P)NC(=O)OCc2cccnc2)cc1. The van der Waals surface area contributed by atoms with Crippen LogP contribution in [0.25, 0.3) is 0 Å². The summed E-state index contributed by atoms with van der Waals surface area (Å²) < 4.78 is 5.18. The first-order chi connectivity index (χ1) is 14.0. The second-order valence-electron chi connectivity index (χ2n) is 6.22. The molecule has 0 aliphatic rings. The van der Waals surface area contributed by atoms with Gasteiger partial charge in [0.25, 0.3) is 5.91 Å². The van der Waals surface area contributed by atoms with Crippen LogP contribution in [0.5, 0.6) is 0 Å². The molecular formula is C21H21N4O3P. The number of pyridine rings is 1. The molecule has 0 radical (unpaired) electrons. The van der Waals surface area contributed by atoms with Gasteiger partial charge < -0.3 is 21.1 Å². The van der Waals surface area contributed by atoms with Crippen molar-refractivity contribution in [3.05, 3.63) is 89.7 Å². The Morgan fingerprint density at radius 3 is 2.52 bits per heavy atom. The standard InChI is InChI=1S/C21H21N4O3P/c22-17-5-1-2-6-18(17)24-19(26)15-7-9-16(10-8-15)20(29)25-21(27)28-13-14-4-3-11-23-12-14/h1-12,20H,13,22,29H2,(H,24,26)(H,25,27)/t20-/m0/s1. The number of ether oxygens (including phenoxy) is 1. The Bertz CT molecular complexity index is 981. The predicted molar refractivity (Wildman–Crippen MR) is 115 cm³/mol. The van der Waals surface area contributed by atoms with Crippen LogP contribution in [0.4, 0.5) is 16.2 Å². The maximum absolute atomic E-state index is 12.4. The molecule has 3 rings (SSSR count). The van der Waals surface area contributed by atoms with Gasteiger partial charge in [-0.25, -0.2) is 4.79 Å². The quantitative estimate of drug-likeness (QED) is 0.426. The molecule has 3 aromatic rings. The van der Waals surface area contributed by atoms with E-state index in [-0.39, 0.29) is 18.3 Å². The smallest absolute Gasteiger partial charge is 0.408 e. The van der Waals surface area contributed by atoms with Crippen LogP contribution in [-0.4, -0.2) is 17.0 Å². The summed E-state index contributed by atoms with van der Waals surface area (Å²) in [6, 6.07) is 17.6. The van der Waals surface area contributed by atoms with E-state index in [4.69, 9.17) is 10.5 Å². The van der Waals surface area contributed by atoms with E-state index < -0.39 is 6.09 Å². The highest BCUT2D eigenvalue weighted by molar-refractivity contribution is 7.17. The molecule has 1 heterocycles. The Morgan fingerprint density at radius 2 is 1.83 bits per heavy atom. The van der Waals surface area contributed by atoms with Gasteiger partial charge >= 0.3 is 6.09 Å². The van der Waals surface area contributed by atoms with E-state index in [0.717, 1.165) is 11.1 Å². The molecule has 2 amide bonds. The van der Waals surface area contributed by atoms with E-state index >= 15 is 0 Å². The van der Waals surface area contributed by atoms with Gasteiger partial charge in [-0.05, 0) is 35.9 Å². The number of nitrogen functional groups attached to an aromatic ring is 1. The summed E-state index contributed by atoms with van der Waals surface area (Å²) in [6.07, 6.45) is 2.74. The summed E-state index contributed by atoms with van der Waals surface area (Å²) in [4.78, 5) is 28.3. The van der Waals surface area contributed by atoms with Crippen LogP contribution in [0.15, 0.2) is 73.1 Å². The van der Waals surface area contributed by atoms with Gasteiger partial charge in [-0.3, -0.25) is 9.78 Å². The van der Waals surface area contributed by atoms with Crippen molar-refractivity contribution in [3.8, 4) is 0 Å². The average Bonchev–Trinajstić information content (AvgIpc) is 2.74. The minimum absolute atomic E-state index is 0.138. The maximum atomic E-state index is 12.4. The molecule has 0 bridgehead atoms. The molecule has 2 aromatic carbocycles. The van der Waals surface area contributed by atoms with E-state index in [1.165, 1.54) is 0 Å². The number of carbonyl (C=O) groups is 2. The minimum Gasteiger partial charge on any atom is -0.445 e. The predicted octanol–water partition coefficient (Wildman–Crippen LogP) is 3.72. The minimum atomic E-state index is -0.546. The Labute approximate surface area is 170 Å². The van der Waals surface area contributed by atoms with E-state index in [2.05, 4.69) is 24.9 Å². The van der Waals surface area contributed by atoms with Crippen LogP contribution >= 0.6 is 9.24 Å². The first kappa shape index (κ1) is 20.3. The van der Waals surface area contributed by atoms with Crippen molar-refractivity contribution in [1.29, 1.82) is 0 Å². The van der Waals surface area contributed by atoms with Crippen molar-refractivity contribution in [2.45, 2.75) is 12.4 Å². The van der Waals surface area contributed by atoms with E-state index in [1.807, 2.05) is 6.07 Å². The number of amides is 2.